The van der Waals surface area contributed by atoms with Gasteiger partial charge in [0.1, 0.15) is 5.82 Å². The number of carbonyl (C=O) groups excluding carboxylic acids is 1. The van der Waals surface area contributed by atoms with E-state index in [-0.39, 0.29) is 23.5 Å². The molecule has 0 radical (unpaired) electrons. The van der Waals surface area contributed by atoms with Crippen LogP contribution in [-0.2, 0) is 11.3 Å². The number of halogens is 1. The Morgan fingerprint density at radius 3 is 2.73 bits per heavy atom. The molecule has 0 fully saturated rings. The summed E-state index contributed by atoms with van der Waals surface area (Å²) in [5.41, 5.74) is 0.862. The van der Waals surface area contributed by atoms with Crippen LogP contribution in [0.15, 0.2) is 46.9 Å². The third-order valence-corrected chi connectivity index (χ3v) is 5.69. The van der Waals surface area contributed by atoms with E-state index in [1.165, 1.54) is 23.9 Å². The lowest BCUT2D eigenvalue weighted by Gasteiger charge is -2.14. The molecule has 8 heteroatoms. The first-order valence-electron chi connectivity index (χ1n) is 8.23. The second-order valence-corrected chi connectivity index (χ2v) is 7.55. The molecule has 0 aliphatic rings. The van der Waals surface area contributed by atoms with Crippen LogP contribution in [0.1, 0.15) is 25.5 Å². The first-order valence-corrected chi connectivity index (χ1v) is 10.1. The monoisotopic (exact) mass is 390 g/mol. The smallest absolute Gasteiger partial charge is 0.230 e. The van der Waals surface area contributed by atoms with Gasteiger partial charge in [0.2, 0.25) is 5.91 Å². The molecular weight excluding hydrogens is 371 g/mol. The van der Waals surface area contributed by atoms with Crippen molar-refractivity contribution >= 4 is 29.0 Å². The Morgan fingerprint density at radius 1 is 1.31 bits per heavy atom. The average molecular weight is 391 g/mol. The van der Waals surface area contributed by atoms with Gasteiger partial charge in [-0.25, -0.2) is 4.39 Å². The van der Waals surface area contributed by atoms with Crippen LogP contribution in [0.3, 0.4) is 0 Å². The van der Waals surface area contributed by atoms with Crippen LogP contribution >= 0.6 is 23.1 Å². The van der Waals surface area contributed by atoms with Crippen LogP contribution in [0.5, 0.6) is 0 Å². The molecule has 1 N–H and O–H groups in total. The highest BCUT2D eigenvalue weighted by Gasteiger charge is 2.16. The van der Waals surface area contributed by atoms with E-state index < -0.39 is 0 Å². The summed E-state index contributed by atoms with van der Waals surface area (Å²) in [7, 11) is 0. The molecule has 5 nitrogen and oxygen atoms in total. The second-order valence-electron chi connectivity index (χ2n) is 5.66. The number of hydrogen-bond acceptors (Lipinski definition) is 5. The third-order valence-electron chi connectivity index (χ3n) is 3.85. The van der Waals surface area contributed by atoms with Gasteiger partial charge in [0.05, 0.1) is 16.7 Å². The Balaban J connectivity index is 1.60. The zero-order valence-electron chi connectivity index (χ0n) is 14.5. The van der Waals surface area contributed by atoms with Crippen molar-refractivity contribution in [3.63, 3.8) is 0 Å². The number of carbonyl (C=O) groups is 1. The largest absolute Gasteiger partial charge is 0.349 e. The maximum absolute atomic E-state index is 13.0. The van der Waals surface area contributed by atoms with Crippen molar-refractivity contribution in [1.29, 1.82) is 0 Å². The second kappa shape index (κ2) is 8.46. The topological polar surface area (TPSA) is 59.8 Å². The predicted molar refractivity (Wildman–Crippen MR) is 103 cm³/mol. The van der Waals surface area contributed by atoms with Gasteiger partial charge in [-0.3, -0.25) is 4.79 Å². The van der Waals surface area contributed by atoms with E-state index in [1.807, 2.05) is 35.9 Å². The molecule has 2 heterocycles. The zero-order chi connectivity index (χ0) is 18.5. The van der Waals surface area contributed by atoms with Crippen LogP contribution < -0.4 is 5.32 Å². The molecule has 3 rings (SSSR count). The molecule has 0 aliphatic carbocycles. The Labute approximate surface area is 159 Å². The summed E-state index contributed by atoms with van der Waals surface area (Å²) in [5.74, 6) is 0.678. The van der Waals surface area contributed by atoms with Gasteiger partial charge >= 0.3 is 0 Å². The summed E-state index contributed by atoms with van der Waals surface area (Å²) in [6, 6.07) is 9.93. The van der Waals surface area contributed by atoms with Crippen LogP contribution in [0.4, 0.5) is 4.39 Å². The lowest BCUT2D eigenvalue weighted by atomic mass is 10.1. The summed E-state index contributed by atoms with van der Waals surface area (Å²) in [5, 5.41) is 14.1. The molecule has 1 atom stereocenters. The Kier molecular flexibility index (Phi) is 6.05. The highest BCUT2D eigenvalue weighted by atomic mass is 32.2. The number of hydrogen-bond donors (Lipinski definition) is 1. The van der Waals surface area contributed by atoms with Crippen LogP contribution in [0, 0.1) is 5.82 Å². The summed E-state index contributed by atoms with van der Waals surface area (Å²) >= 11 is 2.97. The van der Waals surface area contributed by atoms with Gasteiger partial charge in [0, 0.05) is 6.54 Å². The number of benzene rings is 1. The molecule has 1 aromatic carbocycles. The van der Waals surface area contributed by atoms with Crippen LogP contribution in [0.25, 0.3) is 10.7 Å². The van der Waals surface area contributed by atoms with Crippen molar-refractivity contribution in [1.82, 2.24) is 20.1 Å². The Hall–Kier alpha value is -2.19. The first-order chi connectivity index (χ1) is 12.6. The van der Waals surface area contributed by atoms with E-state index >= 15 is 0 Å². The molecule has 0 unspecified atom stereocenters. The van der Waals surface area contributed by atoms with Crippen LogP contribution in [-0.4, -0.2) is 26.4 Å². The Bertz CT molecular complexity index is 862. The summed E-state index contributed by atoms with van der Waals surface area (Å²) in [6.07, 6.45) is 0. The minimum absolute atomic E-state index is 0.102. The first kappa shape index (κ1) is 18.6. The van der Waals surface area contributed by atoms with Gasteiger partial charge < -0.3 is 9.88 Å². The lowest BCUT2D eigenvalue weighted by molar-refractivity contribution is -0.119. The quantitative estimate of drug-likeness (QED) is 0.616. The molecule has 0 aliphatic heterocycles. The molecule has 136 valence electrons. The fraction of sp³-hybridized carbons (Fsp3) is 0.278. The molecule has 3 aromatic rings. The van der Waals surface area contributed by atoms with E-state index in [4.69, 9.17) is 0 Å². The highest BCUT2D eigenvalue weighted by molar-refractivity contribution is 7.99. The Morgan fingerprint density at radius 2 is 2.08 bits per heavy atom. The average Bonchev–Trinajstić information content (AvgIpc) is 3.29. The summed E-state index contributed by atoms with van der Waals surface area (Å²) < 4.78 is 15.0. The van der Waals surface area contributed by atoms with Crippen molar-refractivity contribution < 1.29 is 9.18 Å². The number of aromatic nitrogens is 3. The van der Waals surface area contributed by atoms with Crippen molar-refractivity contribution in [3.8, 4) is 10.7 Å². The molecule has 0 bridgehead atoms. The minimum atomic E-state index is -0.289. The molecule has 0 saturated heterocycles. The van der Waals surface area contributed by atoms with E-state index in [0.29, 0.717) is 0 Å². The molecule has 26 heavy (non-hydrogen) atoms. The van der Waals surface area contributed by atoms with Crippen molar-refractivity contribution in [2.24, 2.45) is 0 Å². The van der Waals surface area contributed by atoms with Gasteiger partial charge in [-0.1, -0.05) is 30.0 Å². The summed E-state index contributed by atoms with van der Waals surface area (Å²) in [4.78, 5) is 13.3. The van der Waals surface area contributed by atoms with E-state index in [2.05, 4.69) is 15.5 Å². The number of nitrogens with one attached hydrogen (secondary N) is 1. The number of nitrogens with zero attached hydrogens (tertiary/aromatic N) is 3. The third kappa shape index (κ3) is 4.31. The van der Waals surface area contributed by atoms with Crippen molar-refractivity contribution in [2.75, 3.05) is 5.75 Å². The van der Waals surface area contributed by atoms with Gasteiger partial charge in [-0.2, -0.15) is 0 Å². The fourth-order valence-corrected chi connectivity index (χ4v) is 4.05. The zero-order valence-corrected chi connectivity index (χ0v) is 16.1. The molecule has 1 amide bonds. The number of thioether (sulfide) groups is 1. The van der Waals surface area contributed by atoms with E-state index in [9.17, 15) is 9.18 Å². The molecule has 0 saturated carbocycles. The number of rotatable bonds is 7. The summed E-state index contributed by atoms with van der Waals surface area (Å²) in [6.45, 7) is 4.64. The lowest BCUT2D eigenvalue weighted by Crippen LogP contribution is -2.28. The fourth-order valence-electron chi connectivity index (χ4n) is 2.52. The number of amides is 1. The number of thiophene rings is 1. The standard InChI is InChI=1S/C18H19FN4OS2/c1-3-23-17(15-5-4-10-25-15)21-22-18(23)26-11-16(24)20-12(2)13-6-8-14(19)9-7-13/h4-10,12H,3,11H2,1-2H3,(H,20,24)/t12-/m0/s1. The molecular formula is C18H19FN4OS2. The normalized spacial score (nSPS) is 12.1. The van der Waals surface area contributed by atoms with E-state index in [0.717, 1.165) is 28.0 Å². The highest BCUT2D eigenvalue weighted by Crippen LogP contribution is 2.27. The molecule has 2 aromatic heterocycles. The maximum atomic E-state index is 13.0. The van der Waals surface area contributed by atoms with Crippen molar-refractivity contribution in [3.05, 3.63) is 53.2 Å². The van der Waals surface area contributed by atoms with Gasteiger partial charge in [0.15, 0.2) is 11.0 Å². The predicted octanol–water partition coefficient (Wildman–Crippen LogP) is 4.14. The van der Waals surface area contributed by atoms with Gasteiger partial charge in [-0.15, -0.1) is 21.5 Å². The van der Waals surface area contributed by atoms with Gasteiger partial charge in [0.25, 0.3) is 0 Å². The molecule has 0 spiro atoms. The maximum Gasteiger partial charge on any atom is 0.230 e. The van der Waals surface area contributed by atoms with Gasteiger partial charge in [-0.05, 0) is 43.0 Å². The van der Waals surface area contributed by atoms with Crippen LogP contribution in [0.2, 0.25) is 0 Å². The van der Waals surface area contributed by atoms with E-state index in [1.54, 1.807) is 23.5 Å². The van der Waals surface area contributed by atoms with Crippen molar-refractivity contribution in [2.45, 2.75) is 31.6 Å². The SMILES string of the molecule is CCn1c(SCC(=O)N[C@@H](C)c2ccc(F)cc2)nnc1-c1cccs1. The minimum Gasteiger partial charge on any atom is -0.349 e.